The van der Waals surface area contributed by atoms with Crippen LogP contribution in [0.25, 0.3) is 0 Å². The molecule has 4 aliphatic rings. The highest BCUT2D eigenvalue weighted by Gasteiger charge is 2.62. The van der Waals surface area contributed by atoms with E-state index >= 15 is 0 Å². The topological polar surface area (TPSA) is 105 Å². The molecule has 1 amide bonds. The van der Waals surface area contributed by atoms with Gasteiger partial charge in [0.2, 0.25) is 11.0 Å². The lowest BCUT2D eigenvalue weighted by atomic mass is 9.43. The first-order valence-electron chi connectivity index (χ1n) is 14.1. The van der Waals surface area contributed by atoms with Gasteiger partial charge in [0.25, 0.3) is 0 Å². The lowest BCUT2D eigenvalue weighted by Gasteiger charge is -2.62. The van der Waals surface area contributed by atoms with Crippen LogP contribution in [0.3, 0.4) is 0 Å². The van der Waals surface area contributed by atoms with Gasteiger partial charge < -0.3 is 20.3 Å². The molecule has 8 heteroatoms. The number of hydrogen-bond donors (Lipinski definition) is 3. The van der Waals surface area contributed by atoms with Gasteiger partial charge in [-0.15, -0.1) is 10.2 Å². The van der Waals surface area contributed by atoms with E-state index in [2.05, 4.69) is 36.3 Å². The number of hydrogen-bond acceptors (Lipinski definition) is 7. The van der Waals surface area contributed by atoms with Crippen molar-refractivity contribution in [2.75, 3.05) is 12.4 Å². The van der Waals surface area contributed by atoms with E-state index in [9.17, 15) is 15.0 Å². The molecule has 36 heavy (non-hydrogen) atoms. The van der Waals surface area contributed by atoms with E-state index in [1.54, 1.807) is 7.11 Å². The Morgan fingerprint density at radius 3 is 2.64 bits per heavy atom. The number of amides is 1. The maximum atomic E-state index is 12.6. The molecule has 10 atom stereocenters. The molecule has 0 aliphatic heterocycles. The largest absolute Gasteiger partial charge is 0.393 e. The van der Waals surface area contributed by atoms with E-state index in [4.69, 9.17) is 4.74 Å². The minimum Gasteiger partial charge on any atom is -0.393 e. The minimum absolute atomic E-state index is 0.00605. The van der Waals surface area contributed by atoms with Gasteiger partial charge in [0.15, 0.2) is 0 Å². The predicted octanol–water partition coefficient (Wildman–Crippen LogP) is 5.03. The van der Waals surface area contributed by atoms with Crippen molar-refractivity contribution in [3.05, 3.63) is 5.01 Å². The second-order valence-electron chi connectivity index (χ2n) is 13.0. The third-order valence-corrected chi connectivity index (χ3v) is 12.0. The standard InChI is InChI=1S/C28H45N3O4S/c1-16(5-8-23(34)29-26-31-30-24(36-26)15-35-4)19-6-7-20-25-21(10-12-28(19,20)3)27(2)11-9-18(32)13-17(27)14-22(25)33/h16-22,25,32-33H,5-15H2,1-4H3,(H,29,31,34)/t16-,17-,18-,19+,20-,21+,22+,25-,27+,28-/m1/s1. The quantitative estimate of drug-likeness (QED) is 0.467. The molecule has 1 aromatic rings. The summed E-state index contributed by atoms with van der Waals surface area (Å²) in [6, 6.07) is 0. The molecule has 202 valence electrons. The van der Waals surface area contributed by atoms with Gasteiger partial charge in [0.1, 0.15) is 11.6 Å². The molecule has 0 saturated heterocycles. The fourth-order valence-corrected chi connectivity index (χ4v) is 10.1. The maximum absolute atomic E-state index is 12.6. The monoisotopic (exact) mass is 519 g/mol. The number of methoxy groups -OCH3 is 1. The average molecular weight is 520 g/mol. The summed E-state index contributed by atoms with van der Waals surface area (Å²) in [5, 5.41) is 34.0. The number of rotatable bonds is 7. The van der Waals surface area contributed by atoms with Crippen molar-refractivity contribution in [3.63, 3.8) is 0 Å². The molecule has 7 nitrogen and oxygen atoms in total. The molecule has 0 aromatic carbocycles. The molecule has 5 rings (SSSR count). The molecular weight excluding hydrogens is 474 g/mol. The van der Waals surface area contributed by atoms with Crippen molar-refractivity contribution < 1.29 is 19.7 Å². The van der Waals surface area contributed by atoms with Crippen molar-refractivity contribution in [1.29, 1.82) is 0 Å². The minimum atomic E-state index is -0.238. The van der Waals surface area contributed by atoms with Gasteiger partial charge in [-0.3, -0.25) is 4.79 Å². The summed E-state index contributed by atoms with van der Waals surface area (Å²) in [5.41, 5.74) is 0.504. The first kappa shape index (κ1) is 26.5. The van der Waals surface area contributed by atoms with Crippen LogP contribution in [0.5, 0.6) is 0 Å². The van der Waals surface area contributed by atoms with Gasteiger partial charge in [-0.1, -0.05) is 32.1 Å². The Labute approximate surface area is 219 Å². The maximum Gasteiger partial charge on any atom is 0.226 e. The molecule has 1 heterocycles. The molecule has 0 unspecified atom stereocenters. The number of aliphatic hydroxyl groups is 2. The number of fused-ring (bicyclic) bond motifs is 5. The van der Waals surface area contributed by atoms with E-state index in [0.29, 0.717) is 53.7 Å². The Morgan fingerprint density at radius 2 is 1.86 bits per heavy atom. The van der Waals surface area contributed by atoms with Gasteiger partial charge in [-0.25, -0.2) is 0 Å². The van der Waals surface area contributed by atoms with Crippen molar-refractivity contribution in [2.24, 2.45) is 46.3 Å². The summed E-state index contributed by atoms with van der Waals surface area (Å²) in [4.78, 5) is 12.6. The molecule has 0 spiro atoms. The second kappa shape index (κ2) is 10.2. The van der Waals surface area contributed by atoms with Crippen LogP contribution in [0, 0.1) is 46.3 Å². The number of ether oxygens (including phenoxy) is 1. The first-order chi connectivity index (χ1) is 17.2. The van der Waals surface area contributed by atoms with Gasteiger partial charge in [-0.2, -0.15) is 0 Å². The number of aliphatic hydroxyl groups excluding tert-OH is 2. The molecule has 0 radical (unpaired) electrons. The van der Waals surface area contributed by atoms with Crippen molar-refractivity contribution in [1.82, 2.24) is 10.2 Å². The third kappa shape index (κ3) is 4.65. The van der Waals surface area contributed by atoms with Crippen LogP contribution < -0.4 is 5.32 Å². The van der Waals surface area contributed by atoms with Gasteiger partial charge >= 0.3 is 0 Å². The van der Waals surface area contributed by atoms with Crippen LogP contribution in [0.2, 0.25) is 0 Å². The number of nitrogens with zero attached hydrogens (tertiary/aromatic N) is 2. The fourth-order valence-electron chi connectivity index (χ4n) is 9.40. The predicted molar refractivity (Wildman–Crippen MR) is 140 cm³/mol. The Bertz CT molecular complexity index is 942. The summed E-state index contributed by atoms with van der Waals surface area (Å²) >= 11 is 1.36. The molecule has 4 saturated carbocycles. The number of carbonyl (C=O) groups excluding carboxylic acids is 1. The lowest BCUT2D eigenvalue weighted by Crippen LogP contribution is -2.58. The number of carbonyl (C=O) groups is 1. The van der Waals surface area contributed by atoms with Crippen LogP contribution in [-0.2, 0) is 16.1 Å². The van der Waals surface area contributed by atoms with E-state index < -0.39 is 0 Å². The summed E-state index contributed by atoms with van der Waals surface area (Å²) in [6.07, 6.45) is 9.52. The molecular formula is C28H45N3O4S. The summed E-state index contributed by atoms with van der Waals surface area (Å²) < 4.78 is 5.08. The van der Waals surface area contributed by atoms with E-state index in [0.717, 1.165) is 37.1 Å². The molecule has 4 aliphatic carbocycles. The van der Waals surface area contributed by atoms with Crippen molar-refractivity contribution in [2.45, 2.75) is 104 Å². The average Bonchev–Trinajstić information content (AvgIpc) is 3.42. The van der Waals surface area contributed by atoms with Gasteiger partial charge in [0.05, 0.1) is 12.2 Å². The van der Waals surface area contributed by atoms with Crippen molar-refractivity contribution >= 4 is 22.4 Å². The molecule has 0 bridgehead atoms. The van der Waals surface area contributed by atoms with Crippen LogP contribution in [0.15, 0.2) is 0 Å². The number of aromatic nitrogens is 2. The lowest BCUT2D eigenvalue weighted by molar-refractivity contribution is -0.174. The Balaban J connectivity index is 1.21. The van der Waals surface area contributed by atoms with E-state index in [-0.39, 0.29) is 28.9 Å². The van der Waals surface area contributed by atoms with E-state index in [1.165, 1.54) is 37.0 Å². The van der Waals surface area contributed by atoms with Crippen LogP contribution in [-0.4, -0.2) is 45.6 Å². The highest BCUT2D eigenvalue weighted by molar-refractivity contribution is 7.15. The zero-order chi connectivity index (χ0) is 25.7. The van der Waals surface area contributed by atoms with E-state index in [1.807, 2.05) is 0 Å². The zero-order valence-corrected chi connectivity index (χ0v) is 23.2. The highest BCUT2D eigenvalue weighted by atomic mass is 32.1. The fraction of sp³-hybridized carbons (Fsp3) is 0.893. The summed E-state index contributed by atoms with van der Waals surface area (Å²) in [6.45, 7) is 7.70. The normalized spacial score (nSPS) is 42.8. The van der Waals surface area contributed by atoms with Crippen LogP contribution >= 0.6 is 11.3 Å². The van der Waals surface area contributed by atoms with Crippen LogP contribution in [0.1, 0.15) is 90.0 Å². The van der Waals surface area contributed by atoms with Gasteiger partial charge in [-0.05, 0) is 104 Å². The first-order valence-corrected chi connectivity index (χ1v) is 14.9. The van der Waals surface area contributed by atoms with Gasteiger partial charge in [0, 0.05) is 13.5 Å². The summed E-state index contributed by atoms with van der Waals surface area (Å²) in [5.74, 6) is 3.05. The molecule has 3 N–H and O–H groups in total. The SMILES string of the molecule is COCc1nnc(NC(=O)CC[C@@H](C)[C@@H]2CC[C@@H]3[C@H]4[C@@H](O)C[C@H]5C[C@H](O)CC[C@]5(C)[C@H]4CC[C@@]32C)s1. The Morgan fingerprint density at radius 1 is 1.11 bits per heavy atom. The third-order valence-electron chi connectivity index (χ3n) is 11.2. The Hall–Kier alpha value is -1.09. The second-order valence-corrected chi connectivity index (χ2v) is 14.0. The number of anilines is 1. The zero-order valence-electron chi connectivity index (χ0n) is 22.4. The van der Waals surface area contributed by atoms with Crippen molar-refractivity contribution in [3.8, 4) is 0 Å². The van der Waals surface area contributed by atoms with Crippen LogP contribution in [0.4, 0.5) is 5.13 Å². The molecule has 1 aromatic heterocycles. The Kier molecular flexibility index (Phi) is 7.54. The smallest absolute Gasteiger partial charge is 0.226 e. The molecule has 4 fully saturated rings. The number of nitrogens with one attached hydrogen (secondary N) is 1. The highest BCUT2D eigenvalue weighted by Crippen LogP contribution is 2.68. The summed E-state index contributed by atoms with van der Waals surface area (Å²) in [7, 11) is 1.62.